The molecule has 0 fully saturated rings. The first-order valence-corrected chi connectivity index (χ1v) is 17.9. The first-order valence-electron chi connectivity index (χ1n) is 17.5. The zero-order valence-corrected chi connectivity index (χ0v) is 31.0. The fourth-order valence-electron chi connectivity index (χ4n) is 6.37. The lowest BCUT2D eigenvalue weighted by Gasteiger charge is -2.32. The van der Waals surface area contributed by atoms with Crippen LogP contribution in [0.3, 0.4) is 0 Å². The van der Waals surface area contributed by atoms with E-state index < -0.39 is 53.9 Å². The molecule has 4 aromatic carbocycles. The van der Waals surface area contributed by atoms with E-state index in [0.29, 0.717) is 35.5 Å². The molecule has 0 spiro atoms. The molecule has 4 aromatic rings. The summed E-state index contributed by atoms with van der Waals surface area (Å²) in [4.78, 5) is 69.1. The number of esters is 1. The lowest BCUT2D eigenvalue weighted by Crippen LogP contribution is -2.58. The van der Waals surface area contributed by atoms with Crippen LogP contribution >= 0.6 is 11.6 Å². The van der Waals surface area contributed by atoms with Crippen molar-refractivity contribution in [2.75, 3.05) is 20.7 Å². The molecule has 0 saturated heterocycles. The maximum atomic E-state index is 14.4. The lowest BCUT2D eigenvalue weighted by atomic mass is 9.93. The number of nitrogens with zero attached hydrogens (tertiary/aromatic N) is 1. The number of hydrogen-bond donors (Lipinski definition) is 7. The van der Waals surface area contributed by atoms with Gasteiger partial charge in [-0.2, -0.15) is 0 Å². The minimum absolute atomic E-state index is 0.0730. The van der Waals surface area contributed by atoms with E-state index in [4.69, 9.17) is 27.8 Å². The van der Waals surface area contributed by atoms with Crippen molar-refractivity contribution in [3.63, 3.8) is 0 Å². The number of benzene rings is 4. The molecule has 288 valence electrons. The van der Waals surface area contributed by atoms with Gasteiger partial charge in [0, 0.05) is 35.2 Å². The summed E-state index contributed by atoms with van der Waals surface area (Å²) in [6.07, 6.45) is -0.531. The minimum Gasteiger partial charge on any atom is -0.507 e. The second-order valence-electron chi connectivity index (χ2n) is 13.1. The zero-order chi connectivity index (χ0) is 39.8. The van der Waals surface area contributed by atoms with Crippen molar-refractivity contribution in [1.29, 1.82) is 0 Å². The molecule has 15 heteroatoms. The molecule has 0 radical (unpaired) electrons. The van der Waals surface area contributed by atoms with Crippen LogP contribution in [0.5, 0.6) is 11.5 Å². The molecule has 5 rings (SSSR count). The van der Waals surface area contributed by atoms with Gasteiger partial charge in [-0.15, -0.1) is 0 Å². The molecule has 4 bridgehead atoms. The molecule has 0 unspecified atom stereocenters. The second-order valence-corrected chi connectivity index (χ2v) is 13.6. The number of rotatable bonds is 10. The number of phenols is 2. The number of carbonyl (C=O) groups excluding carboxylic acids is 5. The fourth-order valence-corrected chi connectivity index (χ4v) is 6.49. The van der Waals surface area contributed by atoms with E-state index in [0.717, 1.165) is 23.1 Å². The van der Waals surface area contributed by atoms with Crippen LogP contribution in [0.1, 0.15) is 46.8 Å². The molecule has 9 N–H and O–H groups in total. The number of phenolic OH excluding ortho intramolecular Hbond substituents is 2. The predicted octanol–water partition coefficient (Wildman–Crippen LogP) is 3.13. The van der Waals surface area contributed by atoms with E-state index in [-0.39, 0.29) is 41.0 Å². The number of fused-ring (bicyclic) bond motifs is 5. The number of carbonyl (C=O) groups is 5. The Balaban J connectivity index is 1.50. The highest BCUT2D eigenvalue weighted by atomic mass is 35.5. The van der Waals surface area contributed by atoms with Gasteiger partial charge in [0.15, 0.2) is 6.17 Å². The van der Waals surface area contributed by atoms with Crippen LogP contribution in [0.25, 0.3) is 22.3 Å². The number of ether oxygens (including phenoxy) is 1. The number of aromatic hydroxyl groups is 2. The monoisotopic (exact) mass is 770 g/mol. The Morgan fingerprint density at radius 3 is 2.15 bits per heavy atom. The molecular formula is C40H43ClN6O8. The first-order chi connectivity index (χ1) is 26.3. The standard InChI is InChI=1S/C40H43ClN6O8/c1-47(39(53)30(5-3-4-18-42)44-36(50)25-9-7-23(8-10-25)24-11-14-27(41)15-12-24)34-26-13-17-33(49)29(21-26)28-19-22(6-16-32(28)48)20-31(40(54)55-2)45-38(52)35(43)46-37(34)51/h6-17,19,21,30-31,34-35,48-49H,3-5,18,20,42-43H2,1-2H3,(H,44,50)(H,45,52)(H,46,51)/t30-,31-,34-,35+/m0/s1. The zero-order valence-electron chi connectivity index (χ0n) is 30.3. The number of hydrogen-bond acceptors (Lipinski definition) is 10. The van der Waals surface area contributed by atoms with Crippen LogP contribution in [-0.4, -0.2) is 83.7 Å². The quantitative estimate of drug-likeness (QED) is 0.0921. The Morgan fingerprint density at radius 2 is 1.51 bits per heavy atom. The average molecular weight is 771 g/mol. The van der Waals surface area contributed by atoms with E-state index in [1.165, 1.54) is 43.4 Å². The van der Waals surface area contributed by atoms with E-state index in [2.05, 4.69) is 16.0 Å². The van der Waals surface area contributed by atoms with E-state index in [1.54, 1.807) is 36.4 Å². The number of nitrogens with one attached hydrogen (secondary N) is 3. The van der Waals surface area contributed by atoms with Crippen molar-refractivity contribution in [1.82, 2.24) is 20.9 Å². The SMILES string of the molecule is COC(=O)[C@@H]1Cc2ccc(O)c(c2)-c2cc(ccc2O)[C@H](N(C)C(=O)[C@H](CCCCN)NC(=O)c2ccc(-c3ccc(Cl)cc3)cc2)C(=O)N[C@@H](N)C(=O)N1. The predicted molar refractivity (Wildman–Crippen MR) is 206 cm³/mol. The average Bonchev–Trinajstić information content (AvgIpc) is 3.18. The van der Waals surface area contributed by atoms with Crippen LogP contribution in [0, 0.1) is 0 Å². The largest absolute Gasteiger partial charge is 0.507 e. The van der Waals surface area contributed by atoms with Crippen LogP contribution in [0.4, 0.5) is 0 Å². The molecule has 1 aliphatic rings. The summed E-state index contributed by atoms with van der Waals surface area (Å²) in [5.74, 6) is -4.23. The molecule has 0 aliphatic carbocycles. The van der Waals surface area contributed by atoms with Crippen molar-refractivity contribution < 1.29 is 38.9 Å². The van der Waals surface area contributed by atoms with Gasteiger partial charge in [-0.05, 0) is 96.6 Å². The third kappa shape index (κ3) is 9.59. The maximum absolute atomic E-state index is 14.4. The molecular weight excluding hydrogens is 728 g/mol. The number of nitrogens with two attached hydrogens (primary N) is 2. The Kier molecular flexibility index (Phi) is 13.1. The van der Waals surface area contributed by atoms with E-state index in [9.17, 15) is 34.2 Å². The topological polar surface area (TPSA) is 226 Å². The molecule has 1 aliphatic heterocycles. The Labute approximate surface area is 322 Å². The highest BCUT2D eigenvalue weighted by Crippen LogP contribution is 2.39. The Bertz CT molecular complexity index is 2060. The Hall–Kier alpha value is -5.96. The molecule has 0 saturated carbocycles. The Morgan fingerprint density at radius 1 is 0.891 bits per heavy atom. The molecule has 14 nitrogen and oxygen atoms in total. The number of amides is 4. The van der Waals surface area contributed by atoms with Crippen molar-refractivity contribution in [3.05, 3.63) is 107 Å². The van der Waals surface area contributed by atoms with Gasteiger partial charge in [0.05, 0.1) is 7.11 Å². The third-order valence-electron chi connectivity index (χ3n) is 9.37. The van der Waals surface area contributed by atoms with Crippen molar-refractivity contribution in [3.8, 4) is 33.8 Å². The molecule has 0 aromatic heterocycles. The van der Waals surface area contributed by atoms with Gasteiger partial charge in [-0.25, -0.2) is 4.79 Å². The number of halogens is 1. The number of likely N-dealkylation sites (N-methyl/N-ethyl adjacent to an activating group) is 1. The molecule has 4 amide bonds. The van der Waals surface area contributed by atoms with Gasteiger partial charge in [-0.1, -0.05) is 48.0 Å². The fraction of sp³-hybridized carbons (Fsp3) is 0.275. The van der Waals surface area contributed by atoms with Crippen LogP contribution in [-0.2, 0) is 30.3 Å². The van der Waals surface area contributed by atoms with Crippen molar-refractivity contribution in [2.24, 2.45) is 11.5 Å². The summed E-state index contributed by atoms with van der Waals surface area (Å²) in [6.45, 7) is 0.350. The maximum Gasteiger partial charge on any atom is 0.328 e. The van der Waals surface area contributed by atoms with Crippen LogP contribution in [0.2, 0.25) is 5.02 Å². The van der Waals surface area contributed by atoms with Gasteiger partial charge < -0.3 is 47.3 Å². The summed E-state index contributed by atoms with van der Waals surface area (Å²) in [5.41, 5.74) is 14.9. The molecule has 55 heavy (non-hydrogen) atoms. The summed E-state index contributed by atoms with van der Waals surface area (Å²) in [7, 11) is 2.51. The van der Waals surface area contributed by atoms with Gasteiger partial charge in [-0.3, -0.25) is 19.2 Å². The highest BCUT2D eigenvalue weighted by molar-refractivity contribution is 6.30. The van der Waals surface area contributed by atoms with E-state index >= 15 is 0 Å². The highest BCUT2D eigenvalue weighted by Gasteiger charge is 2.36. The van der Waals surface area contributed by atoms with Gasteiger partial charge in [0.2, 0.25) is 11.8 Å². The van der Waals surface area contributed by atoms with Gasteiger partial charge in [0.1, 0.15) is 29.6 Å². The van der Waals surface area contributed by atoms with Gasteiger partial charge >= 0.3 is 5.97 Å². The van der Waals surface area contributed by atoms with Gasteiger partial charge in [0.25, 0.3) is 11.8 Å². The number of methoxy groups -OCH3 is 1. The van der Waals surface area contributed by atoms with Crippen molar-refractivity contribution in [2.45, 2.75) is 50.0 Å². The summed E-state index contributed by atoms with van der Waals surface area (Å²) < 4.78 is 4.87. The van der Waals surface area contributed by atoms with Crippen LogP contribution < -0.4 is 27.4 Å². The first kappa shape index (κ1) is 40.2. The molecule has 4 atom stereocenters. The summed E-state index contributed by atoms with van der Waals surface area (Å²) in [5, 5.41) is 30.2. The van der Waals surface area contributed by atoms with Crippen molar-refractivity contribution >= 4 is 41.2 Å². The summed E-state index contributed by atoms with van der Waals surface area (Å²) in [6, 6.07) is 18.8. The smallest absolute Gasteiger partial charge is 0.328 e. The second kappa shape index (κ2) is 17.9. The third-order valence-corrected chi connectivity index (χ3v) is 9.62. The summed E-state index contributed by atoms with van der Waals surface area (Å²) >= 11 is 6.02. The van der Waals surface area contributed by atoms with Crippen LogP contribution in [0.15, 0.2) is 84.9 Å². The molecule has 1 heterocycles. The minimum atomic E-state index is -1.67. The van der Waals surface area contributed by atoms with E-state index in [1.807, 2.05) is 12.1 Å². The number of unbranched alkanes of at least 4 members (excludes halogenated alkanes) is 1. The lowest BCUT2D eigenvalue weighted by molar-refractivity contribution is -0.145. The normalized spacial score (nSPS) is 17.5.